The van der Waals surface area contributed by atoms with E-state index in [0.717, 1.165) is 5.69 Å². The summed E-state index contributed by atoms with van der Waals surface area (Å²) in [6.45, 7) is 7.26. The average molecular weight is 264 g/mol. The van der Waals surface area contributed by atoms with Crippen molar-refractivity contribution in [2.24, 2.45) is 0 Å². The van der Waals surface area contributed by atoms with E-state index in [9.17, 15) is 4.79 Å². The Bertz CT molecular complexity index is 424. The lowest BCUT2D eigenvalue weighted by molar-refractivity contribution is -0.117. The summed E-state index contributed by atoms with van der Waals surface area (Å²) in [5.74, 6) is -0.0676. The summed E-state index contributed by atoms with van der Waals surface area (Å²) < 4.78 is 0. The smallest absolute Gasteiger partial charge is 0.238 e. The second-order valence-corrected chi connectivity index (χ2v) is 5.84. The van der Waals surface area contributed by atoms with E-state index in [1.54, 1.807) is 11.9 Å². The van der Waals surface area contributed by atoms with Crippen molar-refractivity contribution in [1.82, 2.24) is 4.90 Å². The van der Waals surface area contributed by atoms with Crippen molar-refractivity contribution in [2.45, 2.75) is 26.2 Å². The lowest BCUT2D eigenvalue weighted by Gasteiger charge is -2.20. The minimum absolute atomic E-state index is 0.0588. The monoisotopic (exact) mass is 264 g/mol. The number of rotatable bonds is 5. The first kappa shape index (κ1) is 15.7. The molecule has 0 aromatic heterocycles. The SMILES string of the molecule is CN(CCO)CC(=O)Nc1cccc(C(C)(C)C)c1. The molecule has 0 saturated heterocycles. The Labute approximate surface area is 115 Å². The molecule has 4 nitrogen and oxygen atoms in total. The van der Waals surface area contributed by atoms with Crippen LogP contribution in [0.2, 0.25) is 0 Å². The number of amides is 1. The molecule has 0 radical (unpaired) electrons. The van der Waals surface area contributed by atoms with Gasteiger partial charge in [-0.05, 0) is 30.2 Å². The maximum absolute atomic E-state index is 11.8. The van der Waals surface area contributed by atoms with E-state index in [-0.39, 0.29) is 24.5 Å². The number of hydrogen-bond acceptors (Lipinski definition) is 3. The van der Waals surface area contributed by atoms with Crippen molar-refractivity contribution < 1.29 is 9.90 Å². The van der Waals surface area contributed by atoms with E-state index in [0.29, 0.717) is 6.54 Å². The highest BCUT2D eigenvalue weighted by atomic mass is 16.3. The zero-order valence-electron chi connectivity index (χ0n) is 12.2. The number of nitrogens with zero attached hydrogens (tertiary/aromatic N) is 1. The molecule has 0 aliphatic carbocycles. The molecular formula is C15H24N2O2. The van der Waals surface area contributed by atoms with Crippen molar-refractivity contribution in [1.29, 1.82) is 0 Å². The van der Waals surface area contributed by atoms with Crippen LogP contribution >= 0.6 is 0 Å². The Hall–Kier alpha value is -1.39. The minimum Gasteiger partial charge on any atom is -0.395 e. The summed E-state index contributed by atoms with van der Waals surface area (Å²) in [6.07, 6.45) is 0. The van der Waals surface area contributed by atoms with Gasteiger partial charge >= 0.3 is 0 Å². The van der Waals surface area contributed by atoms with Gasteiger partial charge in [0.25, 0.3) is 0 Å². The average Bonchev–Trinajstić information content (AvgIpc) is 2.28. The lowest BCUT2D eigenvalue weighted by atomic mass is 9.87. The molecule has 19 heavy (non-hydrogen) atoms. The first-order valence-corrected chi connectivity index (χ1v) is 6.52. The van der Waals surface area contributed by atoms with E-state index in [2.05, 4.69) is 32.2 Å². The fourth-order valence-electron chi connectivity index (χ4n) is 1.76. The van der Waals surface area contributed by atoms with Crippen LogP contribution in [0.3, 0.4) is 0 Å². The molecule has 1 aromatic carbocycles. The Kier molecular flexibility index (Phi) is 5.51. The number of aliphatic hydroxyl groups excluding tert-OH is 1. The van der Waals surface area contributed by atoms with E-state index >= 15 is 0 Å². The number of anilines is 1. The third-order valence-corrected chi connectivity index (χ3v) is 2.91. The Balaban J connectivity index is 2.65. The van der Waals surface area contributed by atoms with Gasteiger partial charge in [0.05, 0.1) is 13.2 Å². The van der Waals surface area contributed by atoms with Crippen LogP contribution in [0.5, 0.6) is 0 Å². The molecule has 0 atom stereocenters. The molecule has 0 spiro atoms. The second-order valence-electron chi connectivity index (χ2n) is 5.84. The van der Waals surface area contributed by atoms with Crippen molar-refractivity contribution in [3.8, 4) is 0 Å². The van der Waals surface area contributed by atoms with Gasteiger partial charge in [0, 0.05) is 12.2 Å². The number of carbonyl (C=O) groups is 1. The number of hydrogen-bond donors (Lipinski definition) is 2. The van der Waals surface area contributed by atoms with Crippen LogP contribution in [-0.2, 0) is 10.2 Å². The van der Waals surface area contributed by atoms with Crippen LogP contribution in [0.15, 0.2) is 24.3 Å². The van der Waals surface area contributed by atoms with E-state index in [4.69, 9.17) is 5.11 Å². The van der Waals surface area contributed by atoms with Gasteiger partial charge < -0.3 is 10.4 Å². The van der Waals surface area contributed by atoms with Crippen LogP contribution in [0.4, 0.5) is 5.69 Å². The summed E-state index contributed by atoms with van der Waals surface area (Å²) in [5.41, 5.74) is 2.07. The fraction of sp³-hybridized carbons (Fsp3) is 0.533. The number of likely N-dealkylation sites (N-methyl/N-ethyl adjacent to an activating group) is 1. The van der Waals surface area contributed by atoms with Gasteiger partial charge in [-0.1, -0.05) is 32.9 Å². The summed E-state index contributed by atoms with van der Waals surface area (Å²) in [7, 11) is 1.81. The highest BCUT2D eigenvalue weighted by Crippen LogP contribution is 2.24. The van der Waals surface area contributed by atoms with E-state index in [1.807, 2.05) is 18.2 Å². The molecule has 0 heterocycles. The zero-order valence-corrected chi connectivity index (χ0v) is 12.2. The number of nitrogens with one attached hydrogen (secondary N) is 1. The van der Waals surface area contributed by atoms with Crippen LogP contribution in [0.1, 0.15) is 26.3 Å². The molecule has 1 aromatic rings. The molecule has 0 bridgehead atoms. The highest BCUT2D eigenvalue weighted by Gasteiger charge is 2.14. The summed E-state index contributed by atoms with van der Waals surface area (Å²) in [5, 5.41) is 11.7. The molecule has 106 valence electrons. The van der Waals surface area contributed by atoms with Crippen LogP contribution in [0.25, 0.3) is 0 Å². The first-order chi connectivity index (χ1) is 8.82. The Morgan fingerprint density at radius 2 is 2.05 bits per heavy atom. The standard InChI is InChI=1S/C15H24N2O2/c1-15(2,3)12-6-5-7-13(10-12)16-14(19)11-17(4)8-9-18/h5-7,10,18H,8-9,11H2,1-4H3,(H,16,19). The Morgan fingerprint density at radius 3 is 2.63 bits per heavy atom. The molecule has 0 fully saturated rings. The number of aliphatic hydroxyl groups is 1. The maximum atomic E-state index is 11.8. The van der Waals surface area contributed by atoms with Crippen LogP contribution in [-0.4, -0.2) is 42.7 Å². The third-order valence-electron chi connectivity index (χ3n) is 2.91. The quantitative estimate of drug-likeness (QED) is 0.853. The van der Waals surface area contributed by atoms with Gasteiger partial charge in [0.2, 0.25) is 5.91 Å². The lowest BCUT2D eigenvalue weighted by Crippen LogP contribution is -2.32. The predicted molar refractivity (Wildman–Crippen MR) is 78.4 cm³/mol. The first-order valence-electron chi connectivity index (χ1n) is 6.52. The van der Waals surface area contributed by atoms with Crippen molar-refractivity contribution in [2.75, 3.05) is 32.1 Å². The fourth-order valence-corrected chi connectivity index (χ4v) is 1.76. The van der Waals surface area contributed by atoms with Crippen molar-refractivity contribution in [3.05, 3.63) is 29.8 Å². The van der Waals surface area contributed by atoms with Crippen molar-refractivity contribution >= 4 is 11.6 Å². The topological polar surface area (TPSA) is 52.6 Å². The van der Waals surface area contributed by atoms with Crippen molar-refractivity contribution in [3.63, 3.8) is 0 Å². The van der Waals surface area contributed by atoms with Gasteiger partial charge in [-0.2, -0.15) is 0 Å². The molecule has 0 aliphatic rings. The number of carbonyl (C=O) groups excluding carboxylic acids is 1. The van der Waals surface area contributed by atoms with Gasteiger partial charge in [0.1, 0.15) is 0 Å². The van der Waals surface area contributed by atoms with Crippen LogP contribution in [0, 0.1) is 0 Å². The van der Waals surface area contributed by atoms with Gasteiger partial charge in [-0.25, -0.2) is 0 Å². The second kappa shape index (κ2) is 6.68. The maximum Gasteiger partial charge on any atom is 0.238 e. The predicted octanol–water partition coefficient (Wildman–Crippen LogP) is 1.85. The van der Waals surface area contributed by atoms with Gasteiger partial charge in [-0.15, -0.1) is 0 Å². The molecule has 1 rings (SSSR count). The summed E-state index contributed by atoms with van der Waals surface area (Å²) >= 11 is 0. The molecule has 0 aliphatic heterocycles. The molecule has 2 N–H and O–H groups in total. The minimum atomic E-state index is -0.0676. The normalized spacial score (nSPS) is 11.7. The molecule has 0 saturated carbocycles. The van der Waals surface area contributed by atoms with Gasteiger partial charge in [0.15, 0.2) is 0 Å². The summed E-state index contributed by atoms with van der Waals surface area (Å²) in [4.78, 5) is 13.6. The third kappa shape index (κ3) is 5.41. The van der Waals surface area contributed by atoms with Crippen LogP contribution < -0.4 is 5.32 Å². The number of benzene rings is 1. The van der Waals surface area contributed by atoms with Gasteiger partial charge in [-0.3, -0.25) is 9.69 Å². The molecule has 1 amide bonds. The molecule has 4 heteroatoms. The molecule has 0 unspecified atom stereocenters. The zero-order chi connectivity index (χ0) is 14.5. The summed E-state index contributed by atoms with van der Waals surface area (Å²) in [6, 6.07) is 7.91. The Morgan fingerprint density at radius 1 is 1.37 bits per heavy atom. The van der Waals surface area contributed by atoms with E-state index < -0.39 is 0 Å². The van der Waals surface area contributed by atoms with E-state index in [1.165, 1.54) is 5.56 Å². The largest absolute Gasteiger partial charge is 0.395 e. The highest BCUT2D eigenvalue weighted by molar-refractivity contribution is 5.92. The molecular weight excluding hydrogens is 240 g/mol.